The molecule has 2 N–H and O–H groups in total. The minimum Gasteiger partial charge on any atom is -0.384 e. The van der Waals surface area contributed by atoms with Gasteiger partial charge in [-0.1, -0.05) is 0 Å². The molecule has 2 aromatic rings. The summed E-state index contributed by atoms with van der Waals surface area (Å²) in [5.74, 6) is 0.734. The number of piperidine rings is 2. The maximum atomic E-state index is 13.2. The van der Waals surface area contributed by atoms with Gasteiger partial charge in [-0.25, -0.2) is 4.98 Å². The van der Waals surface area contributed by atoms with Gasteiger partial charge in [-0.2, -0.15) is 13.2 Å². The molecule has 2 aliphatic rings. The van der Waals surface area contributed by atoms with Gasteiger partial charge in [0.1, 0.15) is 18.2 Å². The molecule has 2 saturated heterocycles. The second kappa shape index (κ2) is 12.0. The molecule has 4 heterocycles. The number of aliphatic imine (C=N–C) groups is 1. The van der Waals surface area contributed by atoms with E-state index < -0.39 is 11.9 Å². The predicted molar refractivity (Wildman–Crippen MR) is 134 cm³/mol. The number of nitrogen functional groups attached to an aromatic ring is 1. The van der Waals surface area contributed by atoms with Crippen molar-refractivity contribution in [2.75, 3.05) is 45.8 Å². The number of carbonyl (C=O) groups is 1. The van der Waals surface area contributed by atoms with Crippen LogP contribution in [0, 0.1) is 11.8 Å². The van der Waals surface area contributed by atoms with E-state index in [2.05, 4.69) is 19.9 Å². The number of hydrogen-bond donors (Lipinski definition) is 1. The van der Waals surface area contributed by atoms with E-state index >= 15 is 0 Å². The van der Waals surface area contributed by atoms with Crippen molar-refractivity contribution in [3.63, 3.8) is 0 Å². The van der Waals surface area contributed by atoms with Gasteiger partial charge < -0.3 is 15.4 Å². The van der Waals surface area contributed by atoms with Crippen molar-refractivity contribution in [1.29, 1.82) is 0 Å². The normalized spacial score (nSPS) is 18.8. The fourth-order valence-corrected chi connectivity index (χ4v) is 5.12. The highest BCUT2D eigenvalue weighted by Crippen LogP contribution is 2.29. The van der Waals surface area contributed by atoms with E-state index in [-0.39, 0.29) is 24.5 Å². The molecule has 2 aromatic heterocycles. The average molecular weight is 519 g/mol. The Bertz CT molecular complexity index is 1080. The van der Waals surface area contributed by atoms with Crippen LogP contribution < -0.4 is 5.73 Å². The Morgan fingerprint density at radius 2 is 1.78 bits per heavy atom. The van der Waals surface area contributed by atoms with E-state index in [1.165, 1.54) is 19.4 Å². The summed E-state index contributed by atoms with van der Waals surface area (Å²) in [5.41, 5.74) is 7.20. The summed E-state index contributed by atoms with van der Waals surface area (Å²) in [4.78, 5) is 29.6. The third kappa shape index (κ3) is 7.04. The summed E-state index contributed by atoms with van der Waals surface area (Å²) >= 11 is 0. The third-order valence-electron chi connectivity index (χ3n) is 7.10. The van der Waals surface area contributed by atoms with Crippen LogP contribution in [0.15, 0.2) is 41.7 Å². The molecule has 0 bridgehead atoms. The number of aromatic nitrogens is 2. The van der Waals surface area contributed by atoms with Crippen LogP contribution in [-0.2, 0) is 22.3 Å². The van der Waals surface area contributed by atoms with Gasteiger partial charge in [-0.3, -0.25) is 19.7 Å². The quantitative estimate of drug-likeness (QED) is 0.563. The number of likely N-dealkylation sites (tertiary alicyclic amines) is 2. The van der Waals surface area contributed by atoms with Crippen molar-refractivity contribution in [3.05, 3.63) is 53.5 Å². The monoisotopic (exact) mass is 518 g/mol. The molecular weight excluding hydrogens is 485 g/mol. The Balaban J connectivity index is 1.31. The molecule has 1 amide bonds. The molecule has 8 nitrogen and oxygen atoms in total. The summed E-state index contributed by atoms with van der Waals surface area (Å²) < 4.78 is 43.9. The number of methoxy groups -OCH3 is 1. The van der Waals surface area contributed by atoms with E-state index in [0.717, 1.165) is 44.1 Å². The zero-order chi connectivity index (χ0) is 26.4. The maximum absolute atomic E-state index is 13.2. The van der Waals surface area contributed by atoms with Gasteiger partial charge >= 0.3 is 6.18 Å². The number of halogens is 3. The van der Waals surface area contributed by atoms with Gasteiger partial charge in [0.15, 0.2) is 0 Å². The van der Waals surface area contributed by atoms with Gasteiger partial charge in [-0.15, -0.1) is 0 Å². The zero-order valence-electron chi connectivity index (χ0n) is 21.0. The number of rotatable bonds is 7. The molecule has 0 spiro atoms. The van der Waals surface area contributed by atoms with Crippen molar-refractivity contribution >= 4 is 17.4 Å². The van der Waals surface area contributed by atoms with E-state index in [4.69, 9.17) is 10.5 Å². The van der Waals surface area contributed by atoms with Gasteiger partial charge in [-0.05, 0) is 68.6 Å². The van der Waals surface area contributed by atoms with Gasteiger partial charge in [0, 0.05) is 62.2 Å². The molecule has 11 heteroatoms. The summed E-state index contributed by atoms with van der Waals surface area (Å²) in [6.07, 6.45) is 1.47. The minimum absolute atomic E-state index is 0.0102. The van der Waals surface area contributed by atoms with E-state index in [9.17, 15) is 18.0 Å². The lowest BCUT2D eigenvalue weighted by atomic mass is 9.87. The standard InChI is InChI=1S/C26H33F3N6O2/c1-37-17-33-24(21-2-3-22(32-15-21)26(27,28)29)19-7-12-35(13-8-19)25(36)20-5-10-34(11-6-20)16-18-4-9-31-23(30)14-18/h2-4,9,14-15,19-20H,5-8,10-13,16-17H2,1H3,(H2,30,31). The lowest BCUT2D eigenvalue weighted by molar-refractivity contribution is -0.141. The second-order valence-electron chi connectivity index (χ2n) is 9.63. The first-order valence-electron chi connectivity index (χ1n) is 12.5. The first kappa shape index (κ1) is 27.0. The lowest BCUT2D eigenvalue weighted by Gasteiger charge is -2.37. The number of nitrogens with zero attached hydrogens (tertiary/aromatic N) is 5. The van der Waals surface area contributed by atoms with Crippen LogP contribution in [0.25, 0.3) is 0 Å². The zero-order valence-corrected chi connectivity index (χ0v) is 21.0. The molecule has 200 valence electrons. The molecule has 0 radical (unpaired) electrons. The molecular formula is C26H33F3N6O2. The Labute approximate surface area is 214 Å². The average Bonchev–Trinajstić information content (AvgIpc) is 2.89. The van der Waals surface area contributed by atoms with Crippen LogP contribution in [0.2, 0.25) is 0 Å². The molecule has 2 fully saturated rings. The van der Waals surface area contributed by atoms with Gasteiger partial charge in [0.2, 0.25) is 5.91 Å². The fraction of sp³-hybridized carbons (Fsp3) is 0.538. The number of pyridine rings is 2. The third-order valence-corrected chi connectivity index (χ3v) is 7.10. The van der Waals surface area contributed by atoms with E-state index in [1.54, 1.807) is 6.20 Å². The lowest BCUT2D eigenvalue weighted by Crippen LogP contribution is -2.46. The van der Waals surface area contributed by atoms with Crippen LogP contribution in [-0.4, -0.2) is 71.4 Å². The first-order chi connectivity index (χ1) is 17.7. The summed E-state index contributed by atoms with van der Waals surface area (Å²) in [7, 11) is 1.52. The van der Waals surface area contributed by atoms with Crippen molar-refractivity contribution in [1.82, 2.24) is 19.8 Å². The Hall–Kier alpha value is -3.05. The van der Waals surface area contributed by atoms with Crippen molar-refractivity contribution in [2.45, 2.75) is 38.4 Å². The Morgan fingerprint density at radius 1 is 1.08 bits per heavy atom. The SMILES string of the molecule is COCN=C(c1ccc(C(F)(F)F)nc1)C1CCN(C(=O)C2CCN(Cc3ccnc(N)c3)CC2)CC1. The van der Waals surface area contributed by atoms with Gasteiger partial charge in [0.25, 0.3) is 0 Å². The minimum atomic E-state index is -4.49. The highest BCUT2D eigenvalue weighted by atomic mass is 19.4. The highest BCUT2D eigenvalue weighted by molar-refractivity contribution is 6.02. The number of amides is 1. The second-order valence-corrected chi connectivity index (χ2v) is 9.63. The number of ether oxygens (including phenoxy) is 1. The largest absolute Gasteiger partial charge is 0.433 e. The van der Waals surface area contributed by atoms with Crippen molar-refractivity contribution in [3.8, 4) is 0 Å². The Morgan fingerprint density at radius 3 is 2.38 bits per heavy atom. The number of hydrogen-bond acceptors (Lipinski definition) is 7. The van der Waals surface area contributed by atoms with Gasteiger partial charge in [0.05, 0.1) is 0 Å². The van der Waals surface area contributed by atoms with Crippen LogP contribution in [0.5, 0.6) is 0 Å². The van der Waals surface area contributed by atoms with E-state index in [1.807, 2.05) is 17.0 Å². The molecule has 0 saturated carbocycles. The number of carbonyl (C=O) groups excluding carboxylic acids is 1. The molecule has 37 heavy (non-hydrogen) atoms. The highest BCUT2D eigenvalue weighted by Gasteiger charge is 2.34. The molecule has 0 atom stereocenters. The number of nitrogens with two attached hydrogens (primary N) is 1. The van der Waals surface area contributed by atoms with Crippen LogP contribution in [0.1, 0.15) is 42.5 Å². The molecule has 2 aliphatic heterocycles. The summed E-state index contributed by atoms with van der Waals surface area (Å²) in [6.45, 7) is 3.80. The Kier molecular flexibility index (Phi) is 8.75. The first-order valence-corrected chi connectivity index (χ1v) is 12.5. The molecule has 4 rings (SSSR count). The number of alkyl halides is 3. The summed E-state index contributed by atoms with van der Waals surface area (Å²) in [6, 6.07) is 6.23. The molecule has 0 aliphatic carbocycles. The van der Waals surface area contributed by atoms with Crippen molar-refractivity contribution < 1.29 is 22.7 Å². The predicted octanol–water partition coefficient (Wildman–Crippen LogP) is 3.62. The van der Waals surface area contributed by atoms with Crippen LogP contribution in [0.3, 0.4) is 0 Å². The number of anilines is 1. The molecule has 0 aromatic carbocycles. The fourth-order valence-electron chi connectivity index (χ4n) is 5.12. The molecule has 0 unspecified atom stereocenters. The topological polar surface area (TPSA) is 96.9 Å². The smallest absolute Gasteiger partial charge is 0.384 e. The van der Waals surface area contributed by atoms with E-state index in [0.29, 0.717) is 43.0 Å². The maximum Gasteiger partial charge on any atom is 0.433 e. The van der Waals surface area contributed by atoms with Crippen LogP contribution in [0.4, 0.5) is 19.0 Å². The summed E-state index contributed by atoms with van der Waals surface area (Å²) in [5, 5.41) is 0. The van der Waals surface area contributed by atoms with Crippen molar-refractivity contribution in [2.24, 2.45) is 16.8 Å². The van der Waals surface area contributed by atoms with Crippen LogP contribution >= 0.6 is 0 Å².